The number of hydrogen-bond donors (Lipinski definition) is 2. The quantitative estimate of drug-likeness (QED) is 0.900. The van der Waals surface area contributed by atoms with Crippen LogP contribution in [0.15, 0.2) is 36.8 Å². The number of rotatable bonds is 3. The van der Waals surface area contributed by atoms with Gasteiger partial charge >= 0.3 is 0 Å². The maximum Gasteiger partial charge on any atom is 0.244 e. The number of carbonyl (C=O) groups is 1. The summed E-state index contributed by atoms with van der Waals surface area (Å²) in [6.45, 7) is 0. The first-order valence-electron chi connectivity index (χ1n) is 6.24. The molecule has 1 saturated carbocycles. The van der Waals surface area contributed by atoms with Gasteiger partial charge in [-0.25, -0.2) is 9.67 Å². The van der Waals surface area contributed by atoms with Crippen molar-refractivity contribution in [2.75, 3.05) is 5.32 Å². The molecule has 2 aromatic rings. The number of nitrogens with two attached hydrogens (primary N) is 1. The van der Waals surface area contributed by atoms with E-state index in [0.717, 1.165) is 19.3 Å². The monoisotopic (exact) mass is 329 g/mol. The van der Waals surface area contributed by atoms with Gasteiger partial charge in [-0.2, -0.15) is 5.10 Å². The summed E-state index contributed by atoms with van der Waals surface area (Å²) in [6, 6.07) is 5.42. The molecule has 1 aliphatic rings. The van der Waals surface area contributed by atoms with Gasteiger partial charge in [0.2, 0.25) is 5.91 Å². The zero-order chi connectivity index (χ0) is 13.3. The Balaban J connectivity index is 0.00000110. The number of amides is 1. The number of anilines is 1. The van der Waals surface area contributed by atoms with E-state index in [1.807, 2.05) is 12.3 Å². The van der Waals surface area contributed by atoms with E-state index in [4.69, 9.17) is 5.73 Å². The minimum Gasteiger partial charge on any atom is -0.323 e. The largest absolute Gasteiger partial charge is 0.323 e. The highest BCUT2D eigenvalue weighted by atomic mass is 35.5. The Morgan fingerprint density at radius 3 is 2.57 bits per heavy atom. The van der Waals surface area contributed by atoms with Gasteiger partial charge in [0.25, 0.3) is 0 Å². The first kappa shape index (κ1) is 17.4. The van der Waals surface area contributed by atoms with Crippen molar-refractivity contribution in [2.24, 2.45) is 5.73 Å². The molecule has 0 aromatic carbocycles. The van der Waals surface area contributed by atoms with Gasteiger partial charge in [-0.15, -0.1) is 24.8 Å². The Bertz CT molecular complexity index is 581. The van der Waals surface area contributed by atoms with Crippen LogP contribution in [0.25, 0.3) is 5.82 Å². The van der Waals surface area contributed by atoms with Gasteiger partial charge in [0.05, 0.1) is 17.4 Å². The summed E-state index contributed by atoms with van der Waals surface area (Å²) in [4.78, 5) is 16.2. The highest BCUT2D eigenvalue weighted by molar-refractivity contribution is 5.98. The fourth-order valence-corrected chi connectivity index (χ4v) is 2.04. The van der Waals surface area contributed by atoms with Gasteiger partial charge < -0.3 is 11.1 Å². The fourth-order valence-electron chi connectivity index (χ4n) is 2.04. The zero-order valence-corrected chi connectivity index (χ0v) is 12.9. The lowest BCUT2D eigenvalue weighted by Crippen LogP contribution is -2.56. The predicted molar refractivity (Wildman–Crippen MR) is 85.3 cm³/mol. The van der Waals surface area contributed by atoms with Crippen LogP contribution in [0, 0.1) is 0 Å². The van der Waals surface area contributed by atoms with Crippen LogP contribution in [0.2, 0.25) is 0 Å². The highest BCUT2D eigenvalue weighted by Crippen LogP contribution is 2.30. The van der Waals surface area contributed by atoms with Crippen molar-refractivity contribution in [3.63, 3.8) is 0 Å². The average Bonchev–Trinajstić information content (AvgIpc) is 2.90. The lowest BCUT2D eigenvalue weighted by Gasteiger charge is -2.36. The number of carbonyl (C=O) groups excluding carboxylic acids is 1. The summed E-state index contributed by atoms with van der Waals surface area (Å²) >= 11 is 0. The van der Waals surface area contributed by atoms with E-state index in [-0.39, 0.29) is 30.7 Å². The van der Waals surface area contributed by atoms with Crippen LogP contribution in [0.5, 0.6) is 0 Å². The van der Waals surface area contributed by atoms with Crippen LogP contribution in [-0.2, 0) is 4.79 Å². The van der Waals surface area contributed by atoms with Crippen LogP contribution in [0.1, 0.15) is 19.3 Å². The molecular weight excluding hydrogens is 313 g/mol. The Morgan fingerprint density at radius 1 is 1.33 bits per heavy atom. The summed E-state index contributed by atoms with van der Waals surface area (Å²) in [5.74, 6) is 0.571. The van der Waals surface area contributed by atoms with Gasteiger partial charge in [0, 0.05) is 12.4 Å². The first-order chi connectivity index (χ1) is 9.17. The minimum atomic E-state index is -0.694. The van der Waals surface area contributed by atoms with Crippen LogP contribution in [0.4, 0.5) is 5.69 Å². The molecule has 1 fully saturated rings. The molecule has 0 spiro atoms. The van der Waals surface area contributed by atoms with Crippen molar-refractivity contribution < 1.29 is 4.79 Å². The molecule has 2 heterocycles. The fraction of sp³-hybridized carbons (Fsp3) is 0.308. The summed E-state index contributed by atoms with van der Waals surface area (Å²) in [5, 5.41) is 6.89. The molecule has 21 heavy (non-hydrogen) atoms. The molecule has 2 aromatic heterocycles. The van der Waals surface area contributed by atoms with Crippen LogP contribution < -0.4 is 11.1 Å². The lowest BCUT2D eigenvalue weighted by atomic mass is 9.77. The highest BCUT2D eigenvalue weighted by Gasteiger charge is 2.40. The number of aromatic nitrogens is 3. The number of halogens is 2. The van der Waals surface area contributed by atoms with Gasteiger partial charge in [0.1, 0.15) is 0 Å². The maximum absolute atomic E-state index is 11.9. The molecule has 0 atom stereocenters. The molecule has 0 saturated heterocycles. The molecule has 3 N–H and O–H groups in total. The lowest BCUT2D eigenvalue weighted by molar-refractivity contribution is -0.123. The van der Waals surface area contributed by atoms with Crippen molar-refractivity contribution in [1.29, 1.82) is 0 Å². The van der Waals surface area contributed by atoms with Gasteiger partial charge in [-0.3, -0.25) is 4.79 Å². The maximum atomic E-state index is 11.9. The normalized spacial score (nSPS) is 15.1. The second-order valence-corrected chi connectivity index (χ2v) is 4.82. The van der Waals surface area contributed by atoms with Crippen molar-refractivity contribution in [1.82, 2.24) is 14.8 Å². The van der Waals surface area contributed by atoms with Crippen LogP contribution in [0.3, 0.4) is 0 Å². The smallest absolute Gasteiger partial charge is 0.244 e. The SMILES string of the molecule is Cl.Cl.NC1(C(=O)Nc2ccc(-n3cccn3)nc2)CCC1. The third-order valence-corrected chi connectivity index (χ3v) is 3.44. The Kier molecular flexibility index (Phi) is 5.71. The Labute approximate surface area is 134 Å². The zero-order valence-electron chi connectivity index (χ0n) is 11.2. The molecule has 3 rings (SSSR count). The molecule has 1 amide bonds. The van der Waals surface area contributed by atoms with E-state index < -0.39 is 5.54 Å². The summed E-state index contributed by atoms with van der Waals surface area (Å²) in [7, 11) is 0. The molecule has 0 unspecified atom stereocenters. The molecule has 0 radical (unpaired) electrons. The van der Waals surface area contributed by atoms with Gasteiger partial charge in [-0.05, 0) is 37.5 Å². The molecule has 0 aliphatic heterocycles. The number of nitrogens with zero attached hydrogens (tertiary/aromatic N) is 3. The topological polar surface area (TPSA) is 85.8 Å². The average molecular weight is 330 g/mol. The van der Waals surface area contributed by atoms with E-state index in [2.05, 4.69) is 15.4 Å². The van der Waals surface area contributed by atoms with Gasteiger partial charge in [-0.1, -0.05) is 0 Å². The first-order valence-corrected chi connectivity index (χ1v) is 6.24. The van der Waals surface area contributed by atoms with Crippen LogP contribution >= 0.6 is 24.8 Å². The van der Waals surface area contributed by atoms with E-state index in [1.54, 1.807) is 29.2 Å². The van der Waals surface area contributed by atoms with E-state index >= 15 is 0 Å². The van der Waals surface area contributed by atoms with Crippen molar-refractivity contribution in [3.8, 4) is 5.82 Å². The van der Waals surface area contributed by atoms with E-state index in [9.17, 15) is 4.79 Å². The Hall–Kier alpha value is -1.63. The molecule has 8 heteroatoms. The summed E-state index contributed by atoms with van der Waals surface area (Å²) in [5.41, 5.74) is 5.91. The van der Waals surface area contributed by atoms with Crippen molar-refractivity contribution in [2.45, 2.75) is 24.8 Å². The number of nitrogens with one attached hydrogen (secondary N) is 1. The minimum absolute atomic E-state index is 0. The third kappa shape index (κ3) is 3.53. The predicted octanol–water partition coefficient (Wildman–Crippen LogP) is 1.93. The summed E-state index contributed by atoms with van der Waals surface area (Å²) < 4.78 is 1.65. The van der Waals surface area contributed by atoms with Crippen molar-refractivity contribution >= 4 is 36.4 Å². The molecule has 114 valence electrons. The Morgan fingerprint density at radius 2 is 2.10 bits per heavy atom. The molecule has 6 nitrogen and oxygen atoms in total. The molecule has 1 aliphatic carbocycles. The van der Waals surface area contributed by atoms with Gasteiger partial charge in [0.15, 0.2) is 5.82 Å². The van der Waals surface area contributed by atoms with Crippen molar-refractivity contribution in [3.05, 3.63) is 36.8 Å². The third-order valence-electron chi connectivity index (χ3n) is 3.44. The van der Waals surface area contributed by atoms with Crippen LogP contribution in [-0.4, -0.2) is 26.2 Å². The molecule has 0 bridgehead atoms. The summed E-state index contributed by atoms with van der Waals surface area (Å²) in [6.07, 6.45) is 7.61. The molecular formula is C13H17Cl2N5O. The second kappa shape index (κ2) is 6.89. The standard InChI is InChI=1S/C13H15N5O.2ClH/c14-13(5-1-6-13)12(19)17-10-3-4-11(15-9-10)18-8-2-7-16-18;;/h2-4,7-9H,1,5-6,14H2,(H,17,19);2*1H. The van der Waals surface area contributed by atoms with E-state index in [1.165, 1.54) is 0 Å². The van der Waals surface area contributed by atoms with E-state index in [0.29, 0.717) is 11.5 Å². The number of pyridine rings is 1. The number of hydrogen-bond acceptors (Lipinski definition) is 4. The second-order valence-electron chi connectivity index (χ2n) is 4.82.